The van der Waals surface area contributed by atoms with Gasteiger partial charge in [0.15, 0.2) is 5.78 Å². The van der Waals surface area contributed by atoms with Crippen LogP contribution in [0, 0.1) is 0 Å². The van der Waals surface area contributed by atoms with Crippen LogP contribution in [0.25, 0.3) is 0 Å². The predicted molar refractivity (Wildman–Crippen MR) is 97.0 cm³/mol. The molecule has 10 nitrogen and oxygen atoms in total. The Kier molecular flexibility index (Phi) is 4.66. The molecule has 158 valence electrons. The van der Waals surface area contributed by atoms with Gasteiger partial charge in [0, 0.05) is 11.1 Å². The number of aliphatic hydroxyl groups excluding tert-OH is 4. The van der Waals surface area contributed by atoms with E-state index in [-0.39, 0.29) is 16.7 Å². The van der Waals surface area contributed by atoms with Crippen molar-refractivity contribution in [3.63, 3.8) is 0 Å². The molecule has 4 rings (SSSR count). The van der Waals surface area contributed by atoms with Gasteiger partial charge in [-0.05, 0) is 18.2 Å². The smallest absolute Gasteiger partial charge is 0.226 e. The molecule has 0 aromatic heterocycles. The quantitative estimate of drug-likeness (QED) is 0.258. The van der Waals surface area contributed by atoms with Crippen LogP contribution < -0.4 is 0 Å². The maximum atomic E-state index is 13.0. The van der Waals surface area contributed by atoms with Gasteiger partial charge in [0.25, 0.3) is 0 Å². The van der Waals surface area contributed by atoms with Gasteiger partial charge in [0.1, 0.15) is 35.9 Å². The van der Waals surface area contributed by atoms with E-state index in [9.17, 15) is 45.3 Å². The Morgan fingerprint density at radius 3 is 2.23 bits per heavy atom. The summed E-state index contributed by atoms with van der Waals surface area (Å²) in [6.07, 6.45) is -7.39. The number of carbonyl (C=O) groups excluding carboxylic acids is 2. The summed E-state index contributed by atoms with van der Waals surface area (Å²) in [5, 5.41) is 71.3. The highest BCUT2D eigenvalue weighted by molar-refractivity contribution is 6.30. The van der Waals surface area contributed by atoms with Crippen molar-refractivity contribution in [3.8, 4) is 11.5 Å². The second-order valence-corrected chi connectivity index (χ2v) is 7.20. The monoisotopic (exact) mass is 418 g/mol. The highest BCUT2D eigenvalue weighted by atomic mass is 16.7. The lowest BCUT2D eigenvalue weighted by Gasteiger charge is -2.45. The Morgan fingerprint density at radius 1 is 0.900 bits per heavy atom. The zero-order chi connectivity index (χ0) is 22.0. The number of benzene rings is 2. The third kappa shape index (κ3) is 2.59. The van der Waals surface area contributed by atoms with E-state index < -0.39 is 71.0 Å². The number of phenols is 2. The van der Waals surface area contributed by atoms with Crippen LogP contribution in [0.1, 0.15) is 37.4 Å². The van der Waals surface area contributed by atoms with Crippen molar-refractivity contribution in [1.82, 2.24) is 0 Å². The minimum atomic E-state index is -2.83. The van der Waals surface area contributed by atoms with Crippen molar-refractivity contribution >= 4 is 11.6 Å². The van der Waals surface area contributed by atoms with Gasteiger partial charge in [-0.15, -0.1) is 0 Å². The van der Waals surface area contributed by atoms with E-state index >= 15 is 0 Å². The summed E-state index contributed by atoms with van der Waals surface area (Å²) in [4.78, 5) is 25.7. The molecule has 7 N–H and O–H groups in total. The number of ketones is 2. The highest BCUT2D eigenvalue weighted by Crippen LogP contribution is 2.44. The van der Waals surface area contributed by atoms with Crippen LogP contribution in [0.5, 0.6) is 11.5 Å². The fourth-order valence-electron chi connectivity index (χ4n) is 3.91. The molecule has 0 saturated carbocycles. The molecular formula is C20H18O10. The van der Waals surface area contributed by atoms with Crippen LogP contribution in [0.3, 0.4) is 0 Å². The third-order valence-corrected chi connectivity index (χ3v) is 5.52. The number of fused-ring (bicyclic) bond motifs is 2. The molecule has 1 aliphatic heterocycles. The molecule has 1 aliphatic carbocycles. The first-order valence-corrected chi connectivity index (χ1v) is 8.96. The normalized spacial score (nSPS) is 30.7. The van der Waals surface area contributed by atoms with E-state index in [4.69, 9.17) is 4.74 Å². The largest absolute Gasteiger partial charge is 0.507 e. The summed E-state index contributed by atoms with van der Waals surface area (Å²) in [6.45, 7) is -0.836. The van der Waals surface area contributed by atoms with E-state index in [2.05, 4.69) is 0 Å². The molecule has 10 heteroatoms. The van der Waals surface area contributed by atoms with Gasteiger partial charge >= 0.3 is 0 Å². The molecule has 0 unspecified atom stereocenters. The summed E-state index contributed by atoms with van der Waals surface area (Å²) in [6, 6.07) is 6.07. The number of hydrogen-bond donors (Lipinski definition) is 7. The van der Waals surface area contributed by atoms with Crippen molar-refractivity contribution in [2.75, 3.05) is 6.61 Å². The molecule has 0 spiro atoms. The van der Waals surface area contributed by atoms with Gasteiger partial charge < -0.3 is 40.5 Å². The average molecular weight is 418 g/mol. The van der Waals surface area contributed by atoms with E-state index in [1.54, 1.807) is 0 Å². The van der Waals surface area contributed by atoms with Crippen molar-refractivity contribution < 1.29 is 50.1 Å². The van der Waals surface area contributed by atoms with Crippen molar-refractivity contribution in [2.24, 2.45) is 0 Å². The Hall–Kier alpha value is -2.86. The first kappa shape index (κ1) is 20.4. The fourth-order valence-corrected chi connectivity index (χ4v) is 3.91. The van der Waals surface area contributed by atoms with Crippen molar-refractivity contribution in [1.29, 1.82) is 0 Å². The standard InChI is InChI=1S/C20H18O10/c21-6-11-16(25)18(27)19(28)20(29,30-11)9-5-4-8-13(15(9)24)17(26)12-7(14(8)23)2-1-3-10(12)22/h1-5,11,16,18-19,21-22,24-25,27-29H,6H2/t11-,16-,18+,19-,20-/m1/s1. The zero-order valence-electron chi connectivity index (χ0n) is 15.3. The summed E-state index contributed by atoms with van der Waals surface area (Å²) < 4.78 is 5.17. The van der Waals surface area contributed by atoms with E-state index in [0.29, 0.717) is 0 Å². The van der Waals surface area contributed by atoms with Gasteiger partial charge in [0.2, 0.25) is 11.6 Å². The molecular weight excluding hydrogens is 400 g/mol. The minimum absolute atomic E-state index is 0.0637. The maximum absolute atomic E-state index is 13.0. The van der Waals surface area contributed by atoms with Gasteiger partial charge in [-0.2, -0.15) is 0 Å². The number of rotatable bonds is 2. The number of aromatic hydroxyl groups is 2. The molecule has 1 fully saturated rings. The molecule has 2 aromatic rings. The first-order valence-electron chi connectivity index (χ1n) is 8.96. The van der Waals surface area contributed by atoms with Gasteiger partial charge in [-0.1, -0.05) is 12.1 Å². The van der Waals surface area contributed by atoms with Crippen molar-refractivity contribution in [3.05, 3.63) is 58.1 Å². The van der Waals surface area contributed by atoms with Crippen molar-refractivity contribution in [2.45, 2.75) is 30.2 Å². The second kappa shape index (κ2) is 6.84. The highest BCUT2D eigenvalue weighted by Gasteiger charge is 2.55. The predicted octanol–water partition coefficient (Wildman–Crippen LogP) is -1.51. The second-order valence-electron chi connectivity index (χ2n) is 7.20. The Balaban J connectivity index is 1.90. The Morgan fingerprint density at radius 2 is 1.57 bits per heavy atom. The molecule has 1 saturated heterocycles. The molecule has 2 aliphatic rings. The van der Waals surface area contributed by atoms with Crippen LogP contribution in [0.15, 0.2) is 30.3 Å². The van der Waals surface area contributed by atoms with Crippen LogP contribution in [0.2, 0.25) is 0 Å². The number of aliphatic hydroxyl groups is 5. The SMILES string of the molecule is O=C1c2cccc(O)c2C(=O)c2c1ccc([C@@]1(O)O[C@H](CO)[C@@H](O)[C@H](O)[C@H]1O)c2O. The first-order chi connectivity index (χ1) is 14.1. The lowest BCUT2D eigenvalue weighted by atomic mass is 9.80. The van der Waals surface area contributed by atoms with Crippen LogP contribution >= 0.6 is 0 Å². The van der Waals surface area contributed by atoms with E-state index in [1.165, 1.54) is 18.2 Å². The van der Waals surface area contributed by atoms with Gasteiger partial charge in [-0.3, -0.25) is 9.59 Å². The molecule has 2 aromatic carbocycles. The lowest BCUT2D eigenvalue weighted by Crippen LogP contribution is -2.63. The topological polar surface area (TPSA) is 185 Å². The molecule has 0 bridgehead atoms. The molecule has 1 heterocycles. The molecule has 0 amide bonds. The van der Waals surface area contributed by atoms with E-state index in [0.717, 1.165) is 12.1 Å². The molecule has 0 radical (unpaired) electrons. The molecule has 30 heavy (non-hydrogen) atoms. The summed E-state index contributed by atoms with van der Waals surface area (Å²) in [7, 11) is 0. The molecule has 5 atom stereocenters. The minimum Gasteiger partial charge on any atom is -0.507 e. The van der Waals surface area contributed by atoms with E-state index in [1.807, 2.05) is 0 Å². The number of phenolic OH excluding ortho intramolecular Hbond substituents is 2. The summed E-state index contributed by atoms with van der Waals surface area (Å²) >= 11 is 0. The van der Waals surface area contributed by atoms with Gasteiger partial charge in [0.05, 0.1) is 23.3 Å². The Labute approximate surface area is 168 Å². The summed E-state index contributed by atoms with van der Waals surface area (Å²) in [5.41, 5.74) is -1.70. The van der Waals surface area contributed by atoms with Crippen LogP contribution in [-0.4, -0.2) is 78.3 Å². The Bertz CT molecular complexity index is 1060. The number of hydrogen-bond acceptors (Lipinski definition) is 10. The fraction of sp³-hybridized carbons (Fsp3) is 0.300. The third-order valence-electron chi connectivity index (χ3n) is 5.52. The zero-order valence-corrected chi connectivity index (χ0v) is 15.3. The maximum Gasteiger partial charge on any atom is 0.226 e. The van der Waals surface area contributed by atoms with Crippen LogP contribution in [-0.2, 0) is 10.5 Å². The average Bonchev–Trinajstić information content (AvgIpc) is 2.72. The lowest BCUT2D eigenvalue weighted by molar-refractivity contribution is -0.358. The van der Waals surface area contributed by atoms with Crippen LogP contribution in [0.4, 0.5) is 0 Å². The van der Waals surface area contributed by atoms with Gasteiger partial charge in [-0.25, -0.2) is 0 Å². The number of carbonyl (C=O) groups is 2. The number of ether oxygens (including phenoxy) is 1. The summed E-state index contributed by atoms with van der Waals surface area (Å²) in [5.74, 6) is -5.77.